The van der Waals surface area contributed by atoms with Crippen LogP contribution >= 0.6 is 0 Å². The number of benzene rings is 1. The monoisotopic (exact) mass is 338 g/mol. The van der Waals surface area contributed by atoms with E-state index < -0.39 is 0 Å². The van der Waals surface area contributed by atoms with Crippen LogP contribution in [-0.2, 0) is 6.42 Å². The summed E-state index contributed by atoms with van der Waals surface area (Å²) >= 11 is 0. The summed E-state index contributed by atoms with van der Waals surface area (Å²) < 4.78 is 18.3. The van der Waals surface area contributed by atoms with Gasteiger partial charge in [0.15, 0.2) is 5.69 Å². The second-order valence-corrected chi connectivity index (χ2v) is 5.87. The number of nitrogens with zero attached hydrogens (tertiary/aromatic N) is 4. The topological polar surface area (TPSA) is 72.1 Å². The molecule has 25 heavy (non-hydrogen) atoms. The van der Waals surface area contributed by atoms with E-state index in [2.05, 4.69) is 15.2 Å². The van der Waals surface area contributed by atoms with Crippen LogP contribution in [-0.4, -0.2) is 39.1 Å². The molecule has 1 fully saturated rings. The van der Waals surface area contributed by atoms with E-state index in [1.54, 1.807) is 17.0 Å². The number of hydrogen-bond acceptors (Lipinski definition) is 5. The molecule has 0 aliphatic carbocycles. The molecule has 4 rings (SSSR count). The van der Waals surface area contributed by atoms with Crippen LogP contribution in [0.5, 0.6) is 0 Å². The molecule has 0 atom stereocenters. The van der Waals surface area contributed by atoms with Crippen molar-refractivity contribution in [2.75, 3.05) is 13.1 Å². The molecule has 126 valence electrons. The second-order valence-electron chi connectivity index (χ2n) is 5.87. The molecule has 3 heterocycles. The van der Waals surface area contributed by atoms with Crippen molar-refractivity contribution < 1.29 is 13.6 Å². The number of rotatable bonds is 4. The SMILES string of the molecule is O=C(c1coc(Cc2ccc(-c3ccc(F)cc3)nn2)n1)N1CCC1. The maximum absolute atomic E-state index is 13.0. The second kappa shape index (κ2) is 6.43. The van der Waals surface area contributed by atoms with Crippen LogP contribution < -0.4 is 0 Å². The highest BCUT2D eigenvalue weighted by Gasteiger charge is 2.24. The van der Waals surface area contributed by atoms with E-state index in [0.29, 0.717) is 29.4 Å². The van der Waals surface area contributed by atoms with E-state index in [1.165, 1.54) is 18.4 Å². The van der Waals surface area contributed by atoms with Gasteiger partial charge in [-0.25, -0.2) is 9.37 Å². The van der Waals surface area contributed by atoms with Gasteiger partial charge >= 0.3 is 0 Å². The minimum Gasteiger partial charge on any atom is -0.448 e. The van der Waals surface area contributed by atoms with E-state index in [0.717, 1.165) is 25.1 Å². The highest BCUT2D eigenvalue weighted by Crippen LogP contribution is 2.18. The molecule has 0 spiro atoms. The molecule has 0 unspecified atom stereocenters. The molecule has 0 saturated carbocycles. The maximum Gasteiger partial charge on any atom is 0.275 e. The first-order valence-corrected chi connectivity index (χ1v) is 8.01. The first kappa shape index (κ1) is 15.4. The normalized spacial score (nSPS) is 13.6. The average Bonchev–Trinajstić information content (AvgIpc) is 3.03. The summed E-state index contributed by atoms with van der Waals surface area (Å²) in [5, 5.41) is 8.30. The minimum atomic E-state index is -0.291. The third-order valence-corrected chi connectivity index (χ3v) is 4.11. The Morgan fingerprint density at radius 2 is 1.92 bits per heavy atom. The average molecular weight is 338 g/mol. The van der Waals surface area contributed by atoms with Crippen molar-refractivity contribution in [1.29, 1.82) is 0 Å². The van der Waals surface area contributed by atoms with Gasteiger partial charge in [-0.1, -0.05) is 0 Å². The highest BCUT2D eigenvalue weighted by molar-refractivity contribution is 5.92. The molecule has 1 saturated heterocycles. The summed E-state index contributed by atoms with van der Waals surface area (Å²) in [6.45, 7) is 1.55. The van der Waals surface area contributed by atoms with Crippen LogP contribution in [0.4, 0.5) is 4.39 Å². The van der Waals surface area contributed by atoms with Crippen LogP contribution in [0, 0.1) is 5.82 Å². The third kappa shape index (κ3) is 3.26. The van der Waals surface area contributed by atoms with Gasteiger partial charge in [-0.3, -0.25) is 4.79 Å². The van der Waals surface area contributed by atoms with Gasteiger partial charge in [0, 0.05) is 18.7 Å². The molecule has 0 N–H and O–H groups in total. The standard InChI is InChI=1S/C18H15FN4O2/c19-13-4-2-12(3-5-13)15-7-6-14(21-22-15)10-17-20-16(11-25-17)18(24)23-8-1-9-23/h2-7,11H,1,8-10H2. The largest absolute Gasteiger partial charge is 0.448 e. The van der Waals surface area contributed by atoms with E-state index in [9.17, 15) is 9.18 Å². The Kier molecular flexibility index (Phi) is 3.97. The zero-order valence-corrected chi connectivity index (χ0v) is 13.4. The predicted molar refractivity (Wildman–Crippen MR) is 87.3 cm³/mol. The number of halogens is 1. The summed E-state index contributed by atoms with van der Waals surface area (Å²) in [7, 11) is 0. The van der Waals surface area contributed by atoms with Crippen molar-refractivity contribution in [3.63, 3.8) is 0 Å². The van der Waals surface area contributed by atoms with Gasteiger partial charge in [0.2, 0.25) is 5.89 Å². The molecule has 2 aromatic heterocycles. The van der Waals surface area contributed by atoms with Crippen molar-refractivity contribution in [1.82, 2.24) is 20.1 Å². The lowest BCUT2D eigenvalue weighted by Crippen LogP contribution is -2.42. The number of carbonyl (C=O) groups excluding carboxylic acids is 1. The molecule has 0 radical (unpaired) electrons. The van der Waals surface area contributed by atoms with Gasteiger partial charge in [-0.15, -0.1) is 0 Å². The van der Waals surface area contributed by atoms with Crippen molar-refractivity contribution in [3.8, 4) is 11.3 Å². The van der Waals surface area contributed by atoms with Crippen LogP contribution in [0.25, 0.3) is 11.3 Å². The Hall–Kier alpha value is -3.09. The lowest BCUT2D eigenvalue weighted by molar-refractivity contribution is 0.0645. The Balaban J connectivity index is 1.45. The molecule has 1 aliphatic heterocycles. The van der Waals surface area contributed by atoms with Crippen molar-refractivity contribution in [3.05, 3.63) is 65.8 Å². The van der Waals surface area contributed by atoms with Gasteiger partial charge in [0.1, 0.15) is 12.1 Å². The zero-order chi connectivity index (χ0) is 17.2. The van der Waals surface area contributed by atoms with Gasteiger partial charge < -0.3 is 9.32 Å². The van der Waals surface area contributed by atoms with Crippen molar-refractivity contribution in [2.45, 2.75) is 12.8 Å². The Labute approximate surface area is 143 Å². The van der Waals surface area contributed by atoms with Crippen LogP contribution in [0.15, 0.2) is 47.1 Å². The molecule has 1 aliphatic rings. The molecule has 7 heteroatoms. The number of amides is 1. The number of hydrogen-bond donors (Lipinski definition) is 0. The van der Waals surface area contributed by atoms with Gasteiger partial charge in [-0.05, 0) is 42.8 Å². The van der Waals surface area contributed by atoms with Crippen molar-refractivity contribution >= 4 is 5.91 Å². The predicted octanol–water partition coefficient (Wildman–Crippen LogP) is 2.71. The number of carbonyl (C=O) groups is 1. The quantitative estimate of drug-likeness (QED) is 0.731. The number of oxazole rings is 1. The van der Waals surface area contributed by atoms with Gasteiger partial charge in [0.05, 0.1) is 17.8 Å². The summed E-state index contributed by atoms with van der Waals surface area (Å²) in [6, 6.07) is 9.70. The minimum absolute atomic E-state index is 0.0982. The summed E-state index contributed by atoms with van der Waals surface area (Å²) in [6.07, 6.45) is 2.77. The first-order valence-electron chi connectivity index (χ1n) is 8.01. The Bertz CT molecular complexity index is 886. The molecule has 0 bridgehead atoms. The maximum atomic E-state index is 13.0. The van der Waals surface area contributed by atoms with E-state index >= 15 is 0 Å². The summed E-state index contributed by atoms with van der Waals surface area (Å²) in [5.74, 6) is 0.0347. The van der Waals surface area contributed by atoms with Gasteiger partial charge in [-0.2, -0.15) is 10.2 Å². The lowest BCUT2D eigenvalue weighted by Gasteiger charge is -2.29. The fourth-order valence-corrected chi connectivity index (χ4v) is 2.56. The van der Waals surface area contributed by atoms with Crippen LogP contribution in [0.2, 0.25) is 0 Å². The van der Waals surface area contributed by atoms with E-state index in [-0.39, 0.29) is 11.7 Å². The van der Waals surface area contributed by atoms with Crippen LogP contribution in [0.1, 0.15) is 28.5 Å². The number of likely N-dealkylation sites (tertiary alicyclic amines) is 1. The summed E-state index contributed by atoms with van der Waals surface area (Å²) in [4.78, 5) is 18.0. The lowest BCUT2D eigenvalue weighted by atomic mass is 10.1. The molecule has 1 amide bonds. The van der Waals surface area contributed by atoms with Gasteiger partial charge in [0.25, 0.3) is 5.91 Å². The third-order valence-electron chi connectivity index (χ3n) is 4.11. The molecule has 3 aromatic rings. The van der Waals surface area contributed by atoms with E-state index in [1.807, 2.05) is 12.1 Å². The zero-order valence-electron chi connectivity index (χ0n) is 13.4. The Morgan fingerprint density at radius 1 is 1.12 bits per heavy atom. The first-order chi connectivity index (χ1) is 12.2. The molecular weight excluding hydrogens is 323 g/mol. The molecular formula is C18H15FN4O2. The molecule has 6 nitrogen and oxygen atoms in total. The smallest absolute Gasteiger partial charge is 0.275 e. The van der Waals surface area contributed by atoms with Crippen LogP contribution in [0.3, 0.4) is 0 Å². The van der Waals surface area contributed by atoms with Crippen molar-refractivity contribution in [2.24, 2.45) is 0 Å². The fraction of sp³-hybridized carbons (Fsp3) is 0.222. The summed E-state index contributed by atoms with van der Waals surface area (Å²) in [5.41, 5.74) is 2.45. The Morgan fingerprint density at radius 3 is 2.56 bits per heavy atom. The number of aromatic nitrogens is 3. The fourth-order valence-electron chi connectivity index (χ4n) is 2.56. The highest BCUT2D eigenvalue weighted by atomic mass is 19.1. The molecule has 1 aromatic carbocycles. The van der Waals surface area contributed by atoms with E-state index in [4.69, 9.17) is 4.42 Å².